The summed E-state index contributed by atoms with van der Waals surface area (Å²) in [7, 11) is 1.65. The standard InChI is InChI=1S/C13H20N4O2.C2H6/c1-9(2)12(10(3)18)16-13(19)17(4)8-11-7-14-5-6-15-11;1-2/h5-7,9,12H,8H2,1-4H3,(H,16,19);1-2H3. The normalized spacial score (nSPS) is 11.2. The summed E-state index contributed by atoms with van der Waals surface area (Å²) < 4.78 is 0. The lowest BCUT2D eigenvalue weighted by atomic mass is 10.0. The number of hydrogen-bond acceptors (Lipinski definition) is 4. The van der Waals surface area contributed by atoms with Crippen LogP contribution in [0.2, 0.25) is 0 Å². The van der Waals surface area contributed by atoms with E-state index in [1.165, 1.54) is 11.8 Å². The smallest absolute Gasteiger partial charge is 0.318 e. The highest BCUT2D eigenvalue weighted by atomic mass is 16.2. The molecule has 1 unspecified atom stereocenters. The summed E-state index contributed by atoms with van der Waals surface area (Å²) >= 11 is 0. The topological polar surface area (TPSA) is 75.2 Å². The van der Waals surface area contributed by atoms with Crippen LogP contribution in [0.15, 0.2) is 18.6 Å². The first-order valence-electron chi connectivity index (χ1n) is 7.18. The van der Waals surface area contributed by atoms with Crippen molar-refractivity contribution in [3.63, 3.8) is 0 Å². The number of nitrogens with zero attached hydrogens (tertiary/aromatic N) is 3. The van der Waals surface area contributed by atoms with E-state index in [1.54, 1.807) is 25.6 Å². The van der Waals surface area contributed by atoms with E-state index in [4.69, 9.17) is 0 Å². The summed E-state index contributed by atoms with van der Waals surface area (Å²) in [6.45, 7) is 9.63. The maximum Gasteiger partial charge on any atom is 0.318 e. The maximum atomic E-state index is 12.0. The minimum absolute atomic E-state index is 0.0451. The largest absolute Gasteiger partial charge is 0.328 e. The lowest BCUT2D eigenvalue weighted by Crippen LogP contribution is -2.48. The van der Waals surface area contributed by atoms with Crippen LogP contribution in [-0.4, -0.2) is 39.8 Å². The van der Waals surface area contributed by atoms with Crippen molar-refractivity contribution >= 4 is 11.8 Å². The molecule has 1 N–H and O–H groups in total. The van der Waals surface area contributed by atoms with E-state index in [1.807, 2.05) is 27.7 Å². The Hall–Kier alpha value is -1.98. The summed E-state index contributed by atoms with van der Waals surface area (Å²) in [4.78, 5) is 32.9. The highest BCUT2D eigenvalue weighted by molar-refractivity contribution is 5.87. The van der Waals surface area contributed by atoms with E-state index in [9.17, 15) is 9.59 Å². The van der Waals surface area contributed by atoms with Crippen LogP contribution < -0.4 is 5.32 Å². The van der Waals surface area contributed by atoms with Crippen LogP contribution in [0, 0.1) is 5.92 Å². The Morgan fingerprint density at radius 2 is 1.90 bits per heavy atom. The van der Waals surface area contributed by atoms with Crippen LogP contribution in [0.3, 0.4) is 0 Å². The summed E-state index contributed by atoms with van der Waals surface area (Å²) in [5, 5.41) is 2.73. The molecule has 1 aromatic rings. The van der Waals surface area contributed by atoms with Crippen LogP contribution >= 0.6 is 0 Å². The van der Waals surface area contributed by atoms with Gasteiger partial charge in [0.1, 0.15) is 0 Å². The van der Waals surface area contributed by atoms with Gasteiger partial charge >= 0.3 is 6.03 Å². The number of carbonyl (C=O) groups excluding carboxylic acids is 2. The van der Waals surface area contributed by atoms with Crippen molar-refractivity contribution in [1.29, 1.82) is 0 Å². The van der Waals surface area contributed by atoms with Gasteiger partial charge in [-0.15, -0.1) is 0 Å². The molecule has 0 aliphatic rings. The zero-order chi connectivity index (χ0) is 16.4. The van der Waals surface area contributed by atoms with Crippen molar-refractivity contribution in [3.8, 4) is 0 Å². The van der Waals surface area contributed by atoms with E-state index < -0.39 is 6.04 Å². The monoisotopic (exact) mass is 294 g/mol. The lowest BCUT2D eigenvalue weighted by molar-refractivity contribution is -0.119. The van der Waals surface area contributed by atoms with Gasteiger partial charge in [-0.3, -0.25) is 14.8 Å². The van der Waals surface area contributed by atoms with Crippen molar-refractivity contribution in [2.75, 3.05) is 7.05 Å². The molecule has 118 valence electrons. The molecule has 21 heavy (non-hydrogen) atoms. The Kier molecular flexibility index (Phi) is 8.92. The predicted octanol–water partition coefficient (Wildman–Crippen LogP) is 2.26. The number of carbonyl (C=O) groups is 2. The molecule has 0 aliphatic heterocycles. The van der Waals surface area contributed by atoms with Gasteiger partial charge in [-0.2, -0.15) is 0 Å². The Labute approximate surface area is 127 Å². The molecule has 0 spiro atoms. The molecule has 0 saturated heterocycles. The molecule has 1 rings (SSSR count). The highest BCUT2D eigenvalue weighted by Crippen LogP contribution is 2.04. The number of hydrogen-bond donors (Lipinski definition) is 1. The molecule has 0 bridgehead atoms. The molecule has 1 atom stereocenters. The number of amides is 2. The van der Waals surface area contributed by atoms with Gasteiger partial charge in [0.2, 0.25) is 0 Å². The molecule has 6 nitrogen and oxygen atoms in total. The molecular formula is C15H26N4O2. The fraction of sp³-hybridized carbons (Fsp3) is 0.600. The van der Waals surface area contributed by atoms with Crippen LogP contribution in [0.25, 0.3) is 0 Å². The number of rotatable bonds is 5. The van der Waals surface area contributed by atoms with Gasteiger partial charge in [0.15, 0.2) is 5.78 Å². The van der Waals surface area contributed by atoms with E-state index in [2.05, 4.69) is 15.3 Å². The molecule has 0 aromatic carbocycles. The van der Waals surface area contributed by atoms with Gasteiger partial charge in [-0.1, -0.05) is 27.7 Å². The predicted molar refractivity (Wildman–Crippen MR) is 82.7 cm³/mol. The minimum Gasteiger partial charge on any atom is -0.328 e. The first-order valence-corrected chi connectivity index (χ1v) is 7.18. The second-order valence-corrected chi connectivity index (χ2v) is 4.83. The van der Waals surface area contributed by atoms with Crippen LogP contribution in [0.1, 0.15) is 40.3 Å². The average Bonchev–Trinajstić information content (AvgIpc) is 2.46. The Morgan fingerprint density at radius 1 is 1.29 bits per heavy atom. The molecular weight excluding hydrogens is 268 g/mol. The summed E-state index contributed by atoms with van der Waals surface area (Å²) in [6, 6.07) is -0.753. The van der Waals surface area contributed by atoms with Gasteiger partial charge in [0, 0.05) is 19.4 Å². The van der Waals surface area contributed by atoms with Crippen molar-refractivity contribution in [1.82, 2.24) is 20.2 Å². The van der Waals surface area contributed by atoms with Crippen molar-refractivity contribution in [2.24, 2.45) is 5.92 Å². The summed E-state index contributed by atoms with van der Waals surface area (Å²) in [5.74, 6) is 0.0163. The third kappa shape index (κ3) is 6.83. The summed E-state index contributed by atoms with van der Waals surface area (Å²) in [6.07, 6.45) is 4.76. The first-order chi connectivity index (χ1) is 9.91. The second-order valence-electron chi connectivity index (χ2n) is 4.83. The van der Waals surface area contributed by atoms with Gasteiger partial charge in [-0.05, 0) is 12.8 Å². The third-order valence-electron chi connectivity index (χ3n) is 2.75. The van der Waals surface area contributed by atoms with Crippen LogP contribution in [0.5, 0.6) is 0 Å². The van der Waals surface area contributed by atoms with E-state index >= 15 is 0 Å². The Morgan fingerprint density at radius 3 is 2.33 bits per heavy atom. The molecule has 1 aromatic heterocycles. The van der Waals surface area contributed by atoms with E-state index in [0.717, 1.165) is 0 Å². The summed E-state index contributed by atoms with van der Waals surface area (Å²) in [5.41, 5.74) is 0.698. The Bertz CT molecular complexity index is 435. The third-order valence-corrected chi connectivity index (χ3v) is 2.75. The zero-order valence-corrected chi connectivity index (χ0v) is 13.8. The molecule has 0 aliphatic carbocycles. The molecule has 0 fully saturated rings. The van der Waals surface area contributed by atoms with Crippen molar-refractivity contribution in [2.45, 2.75) is 47.2 Å². The van der Waals surface area contributed by atoms with Crippen molar-refractivity contribution in [3.05, 3.63) is 24.3 Å². The molecule has 6 heteroatoms. The number of urea groups is 1. The quantitative estimate of drug-likeness (QED) is 0.904. The number of nitrogens with one attached hydrogen (secondary N) is 1. The van der Waals surface area contributed by atoms with Crippen LogP contribution in [-0.2, 0) is 11.3 Å². The van der Waals surface area contributed by atoms with Crippen LogP contribution in [0.4, 0.5) is 4.79 Å². The number of ketones is 1. The SMILES string of the molecule is CC.CC(=O)C(NC(=O)N(C)Cc1cnccn1)C(C)C. The zero-order valence-electron chi connectivity index (χ0n) is 13.8. The number of Topliss-reactive ketones (excluding diaryl/α,β-unsaturated/α-hetero) is 1. The van der Waals surface area contributed by atoms with E-state index in [-0.39, 0.29) is 17.7 Å². The maximum absolute atomic E-state index is 12.0. The minimum atomic E-state index is -0.461. The second kappa shape index (κ2) is 9.85. The molecule has 1 heterocycles. The van der Waals surface area contributed by atoms with Gasteiger partial charge < -0.3 is 10.2 Å². The lowest BCUT2D eigenvalue weighted by Gasteiger charge is -2.24. The molecule has 0 radical (unpaired) electrons. The van der Waals surface area contributed by atoms with Gasteiger partial charge in [-0.25, -0.2) is 4.79 Å². The van der Waals surface area contributed by atoms with E-state index in [0.29, 0.717) is 12.2 Å². The molecule has 2 amide bonds. The number of aromatic nitrogens is 2. The fourth-order valence-corrected chi connectivity index (χ4v) is 1.71. The average molecular weight is 294 g/mol. The first kappa shape index (κ1) is 19.0. The Balaban J connectivity index is 0.00000191. The highest BCUT2D eigenvalue weighted by Gasteiger charge is 2.22. The van der Waals surface area contributed by atoms with Gasteiger partial charge in [0.05, 0.1) is 24.5 Å². The van der Waals surface area contributed by atoms with Gasteiger partial charge in [0.25, 0.3) is 0 Å². The fourth-order valence-electron chi connectivity index (χ4n) is 1.71. The molecule has 0 saturated carbocycles. The van der Waals surface area contributed by atoms with Crippen molar-refractivity contribution < 1.29 is 9.59 Å².